The van der Waals surface area contributed by atoms with Gasteiger partial charge in [-0.3, -0.25) is 0 Å². The van der Waals surface area contributed by atoms with Crippen LogP contribution in [0.25, 0.3) is 0 Å². The van der Waals surface area contributed by atoms with E-state index in [0.717, 1.165) is 24.6 Å². The normalized spacial score (nSPS) is 20.1. The van der Waals surface area contributed by atoms with Crippen LogP contribution in [0.3, 0.4) is 0 Å². The van der Waals surface area contributed by atoms with Crippen molar-refractivity contribution in [2.24, 2.45) is 5.92 Å². The predicted octanol–water partition coefficient (Wildman–Crippen LogP) is 2.73. The molecule has 1 aliphatic carbocycles. The average Bonchev–Trinajstić information content (AvgIpc) is 3.43. The largest absolute Gasteiger partial charge is 0.417 e. The number of nitrogens with zero attached hydrogens (tertiary/aromatic N) is 2. The van der Waals surface area contributed by atoms with E-state index in [-0.39, 0.29) is 10.9 Å². The molecule has 1 heterocycles. The maximum atomic E-state index is 12.9. The Kier molecular flexibility index (Phi) is 5.28. The van der Waals surface area contributed by atoms with Crippen molar-refractivity contribution in [3.8, 4) is 6.07 Å². The van der Waals surface area contributed by atoms with Crippen LogP contribution in [0.4, 0.5) is 13.2 Å². The van der Waals surface area contributed by atoms with Crippen LogP contribution in [-0.2, 0) is 16.2 Å². The second-order valence-electron chi connectivity index (χ2n) is 6.85. The first kappa shape index (κ1) is 19.1. The average molecular weight is 387 g/mol. The topological polar surface area (TPSA) is 73.2 Å². The van der Waals surface area contributed by atoms with Crippen LogP contribution in [0.2, 0.25) is 0 Å². The molecule has 1 saturated heterocycles. The van der Waals surface area contributed by atoms with Crippen LogP contribution in [0.5, 0.6) is 0 Å². The molecule has 3 rings (SSSR count). The van der Waals surface area contributed by atoms with E-state index in [1.54, 1.807) is 0 Å². The zero-order chi connectivity index (χ0) is 18.9. The SMILES string of the molecule is N#Cc1cc(S(=O)(=O)N2CCC(NCC3CC3)CC2)ccc1C(F)(F)F. The Morgan fingerprint density at radius 3 is 2.38 bits per heavy atom. The number of piperidine rings is 1. The van der Waals surface area contributed by atoms with Gasteiger partial charge in [0.1, 0.15) is 0 Å². The van der Waals surface area contributed by atoms with Gasteiger partial charge in [-0.05, 0) is 56.3 Å². The summed E-state index contributed by atoms with van der Waals surface area (Å²) in [6.07, 6.45) is -0.876. The van der Waals surface area contributed by atoms with Crippen LogP contribution in [-0.4, -0.2) is 38.4 Å². The maximum Gasteiger partial charge on any atom is 0.417 e. The van der Waals surface area contributed by atoms with Crippen LogP contribution < -0.4 is 5.32 Å². The quantitative estimate of drug-likeness (QED) is 0.843. The van der Waals surface area contributed by atoms with E-state index in [4.69, 9.17) is 5.26 Å². The van der Waals surface area contributed by atoms with Crippen molar-refractivity contribution in [1.82, 2.24) is 9.62 Å². The Morgan fingerprint density at radius 1 is 1.19 bits per heavy atom. The van der Waals surface area contributed by atoms with Crippen molar-refractivity contribution in [2.45, 2.75) is 42.8 Å². The summed E-state index contributed by atoms with van der Waals surface area (Å²) in [5.74, 6) is 0.744. The zero-order valence-electron chi connectivity index (χ0n) is 14.1. The van der Waals surface area contributed by atoms with Crippen molar-refractivity contribution in [3.63, 3.8) is 0 Å². The van der Waals surface area contributed by atoms with Gasteiger partial charge in [-0.25, -0.2) is 8.42 Å². The highest BCUT2D eigenvalue weighted by atomic mass is 32.2. The van der Waals surface area contributed by atoms with Crippen molar-refractivity contribution in [1.29, 1.82) is 5.26 Å². The van der Waals surface area contributed by atoms with Gasteiger partial charge in [-0.1, -0.05) is 0 Å². The molecule has 0 spiro atoms. The highest BCUT2D eigenvalue weighted by Crippen LogP contribution is 2.33. The van der Waals surface area contributed by atoms with Crippen LogP contribution in [0.1, 0.15) is 36.8 Å². The molecule has 0 radical (unpaired) electrons. The van der Waals surface area contributed by atoms with Gasteiger partial charge in [0, 0.05) is 19.1 Å². The van der Waals surface area contributed by atoms with E-state index in [2.05, 4.69) is 5.32 Å². The minimum atomic E-state index is -4.70. The van der Waals surface area contributed by atoms with E-state index < -0.39 is 27.3 Å². The first-order chi connectivity index (χ1) is 12.2. The summed E-state index contributed by atoms with van der Waals surface area (Å²) in [4.78, 5) is -0.272. The third-order valence-corrected chi connectivity index (χ3v) is 6.80. The molecule has 2 fully saturated rings. The monoisotopic (exact) mass is 387 g/mol. The Labute approximate surface area is 150 Å². The lowest BCUT2D eigenvalue weighted by Gasteiger charge is -2.32. The van der Waals surface area contributed by atoms with Gasteiger partial charge in [-0.2, -0.15) is 22.7 Å². The first-order valence-corrected chi connectivity index (χ1v) is 10.0. The lowest BCUT2D eigenvalue weighted by atomic mass is 10.1. The molecule has 1 aromatic rings. The van der Waals surface area contributed by atoms with Gasteiger partial charge < -0.3 is 5.32 Å². The fourth-order valence-electron chi connectivity index (χ4n) is 3.13. The number of benzene rings is 1. The number of rotatable bonds is 5. The second kappa shape index (κ2) is 7.18. The first-order valence-electron chi connectivity index (χ1n) is 8.56. The van der Waals surface area contributed by atoms with Crippen LogP contribution >= 0.6 is 0 Å². The van der Waals surface area contributed by atoms with Gasteiger partial charge in [-0.15, -0.1) is 0 Å². The molecule has 142 valence electrons. The minimum absolute atomic E-state index is 0.268. The third-order valence-electron chi connectivity index (χ3n) is 4.90. The van der Waals surface area contributed by atoms with E-state index in [1.165, 1.54) is 23.2 Å². The number of nitriles is 1. The molecule has 2 aliphatic rings. The summed E-state index contributed by atoms with van der Waals surface area (Å²) >= 11 is 0. The summed E-state index contributed by atoms with van der Waals surface area (Å²) < 4.78 is 65.3. The summed E-state index contributed by atoms with van der Waals surface area (Å²) in [5, 5.41) is 12.4. The highest BCUT2D eigenvalue weighted by Gasteiger charge is 2.36. The Bertz CT molecular complexity index is 806. The van der Waals surface area contributed by atoms with Crippen molar-refractivity contribution >= 4 is 10.0 Å². The maximum absolute atomic E-state index is 12.9. The fourth-order valence-corrected chi connectivity index (χ4v) is 4.62. The van der Waals surface area contributed by atoms with E-state index in [1.807, 2.05) is 0 Å². The smallest absolute Gasteiger partial charge is 0.314 e. The molecule has 1 aliphatic heterocycles. The predicted molar refractivity (Wildman–Crippen MR) is 88.7 cm³/mol. The molecule has 1 aromatic carbocycles. The number of nitrogens with one attached hydrogen (secondary N) is 1. The van der Waals surface area contributed by atoms with Crippen molar-refractivity contribution < 1.29 is 21.6 Å². The Morgan fingerprint density at radius 2 is 1.85 bits per heavy atom. The minimum Gasteiger partial charge on any atom is -0.314 e. The zero-order valence-corrected chi connectivity index (χ0v) is 14.9. The molecule has 9 heteroatoms. The molecule has 0 atom stereocenters. The Balaban J connectivity index is 1.71. The Hall–Kier alpha value is -1.63. The van der Waals surface area contributed by atoms with E-state index >= 15 is 0 Å². The van der Waals surface area contributed by atoms with Gasteiger partial charge in [0.25, 0.3) is 0 Å². The summed E-state index contributed by atoms with van der Waals surface area (Å²) in [6.45, 7) is 1.59. The van der Waals surface area contributed by atoms with Crippen molar-refractivity contribution in [2.75, 3.05) is 19.6 Å². The van der Waals surface area contributed by atoms with Gasteiger partial charge in [0.15, 0.2) is 0 Å². The lowest BCUT2D eigenvalue weighted by Crippen LogP contribution is -2.45. The third kappa shape index (κ3) is 4.19. The summed E-state index contributed by atoms with van der Waals surface area (Å²) in [6, 6.07) is 4.12. The summed E-state index contributed by atoms with van der Waals surface area (Å²) in [7, 11) is -3.91. The number of sulfonamides is 1. The number of hydrogen-bond donors (Lipinski definition) is 1. The van der Waals surface area contributed by atoms with Gasteiger partial charge in [0.2, 0.25) is 10.0 Å². The standard InChI is InChI=1S/C17H20F3N3O2S/c18-17(19,20)16-4-3-15(9-13(16)10-21)26(24,25)23-7-5-14(6-8-23)22-11-12-1-2-12/h3-4,9,12,14,22H,1-2,5-8,11H2. The molecule has 1 N–H and O–H groups in total. The summed E-state index contributed by atoms with van der Waals surface area (Å²) in [5.41, 5.74) is -1.80. The van der Waals surface area contributed by atoms with Crippen LogP contribution in [0, 0.1) is 17.2 Å². The highest BCUT2D eigenvalue weighted by molar-refractivity contribution is 7.89. The molecular weight excluding hydrogens is 367 g/mol. The molecule has 5 nitrogen and oxygen atoms in total. The second-order valence-corrected chi connectivity index (χ2v) is 8.78. The van der Waals surface area contributed by atoms with E-state index in [9.17, 15) is 21.6 Å². The molecule has 1 saturated carbocycles. The molecule has 0 bridgehead atoms. The van der Waals surface area contributed by atoms with Crippen LogP contribution in [0.15, 0.2) is 23.1 Å². The molecular formula is C17H20F3N3O2S. The van der Waals surface area contributed by atoms with Gasteiger partial charge >= 0.3 is 6.18 Å². The number of alkyl halides is 3. The molecule has 0 unspecified atom stereocenters. The van der Waals surface area contributed by atoms with Crippen molar-refractivity contribution in [3.05, 3.63) is 29.3 Å². The molecule has 0 aromatic heterocycles. The molecule has 0 amide bonds. The van der Waals surface area contributed by atoms with E-state index in [0.29, 0.717) is 32.0 Å². The number of halogens is 3. The fraction of sp³-hybridized carbons (Fsp3) is 0.588. The lowest BCUT2D eigenvalue weighted by molar-refractivity contribution is -0.137. The van der Waals surface area contributed by atoms with Gasteiger partial charge in [0.05, 0.1) is 22.1 Å². The number of hydrogen-bond acceptors (Lipinski definition) is 4. The molecule has 26 heavy (non-hydrogen) atoms.